The summed E-state index contributed by atoms with van der Waals surface area (Å²) >= 11 is 1.35. The number of fused-ring (bicyclic) bond motifs is 3. The molecule has 45 heavy (non-hydrogen) atoms. The predicted octanol–water partition coefficient (Wildman–Crippen LogP) is 9.83. The molecule has 0 N–H and O–H groups in total. The summed E-state index contributed by atoms with van der Waals surface area (Å²) in [6, 6.07) is 32.5. The van der Waals surface area contributed by atoms with Crippen LogP contribution in [0.15, 0.2) is 103 Å². The van der Waals surface area contributed by atoms with Crippen LogP contribution in [0.3, 0.4) is 0 Å². The van der Waals surface area contributed by atoms with Gasteiger partial charge in [-0.25, -0.2) is 4.98 Å². The van der Waals surface area contributed by atoms with Crippen molar-refractivity contribution in [2.24, 2.45) is 0 Å². The van der Waals surface area contributed by atoms with Gasteiger partial charge in [-0.3, -0.25) is 4.39 Å². The van der Waals surface area contributed by atoms with E-state index in [0.717, 1.165) is 32.3 Å². The third-order valence-corrected chi connectivity index (χ3v) is 10.4. The molecule has 7 heteroatoms. The van der Waals surface area contributed by atoms with Gasteiger partial charge in [0.05, 0.1) is 8.07 Å². The molecule has 0 atom stereocenters. The first-order chi connectivity index (χ1) is 23.6. The number of aryl methyl sites for hydroxylation is 2. The maximum Gasteiger partial charge on any atom is 0.113 e. The summed E-state index contributed by atoms with van der Waals surface area (Å²) in [6.45, 7) is 2.24. The maximum atomic E-state index is 12.8. The van der Waals surface area contributed by atoms with Gasteiger partial charge >= 0.3 is 0 Å². The van der Waals surface area contributed by atoms with Crippen LogP contribution in [0, 0.1) is 31.7 Å². The zero-order chi connectivity index (χ0) is 35.8. The second-order valence-electron chi connectivity index (χ2n) is 11.3. The maximum absolute atomic E-state index is 12.8. The number of hydrogen-bond donors (Lipinski definition) is 0. The molecule has 0 aliphatic heterocycles. The minimum atomic E-state index is -2.33. The van der Waals surface area contributed by atoms with Crippen molar-refractivity contribution in [3.05, 3.63) is 133 Å². The Morgan fingerprint density at radius 2 is 1.64 bits per heavy atom. The van der Waals surface area contributed by atoms with Crippen molar-refractivity contribution in [2.45, 2.75) is 33.3 Å². The van der Waals surface area contributed by atoms with Crippen molar-refractivity contribution in [2.75, 3.05) is 0 Å². The van der Waals surface area contributed by atoms with E-state index in [1.165, 1.54) is 34.7 Å². The minimum absolute atomic E-state index is 0. The van der Waals surface area contributed by atoms with Crippen LogP contribution in [0.5, 0.6) is 0 Å². The van der Waals surface area contributed by atoms with Crippen LogP contribution in [-0.2, 0) is 20.1 Å². The third kappa shape index (κ3) is 7.18. The van der Waals surface area contributed by atoms with Crippen LogP contribution in [0.2, 0.25) is 19.6 Å². The summed E-state index contributed by atoms with van der Waals surface area (Å²) in [4.78, 5) is 14.0. The first-order valence-corrected chi connectivity index (χ1v) is 18.4. The van der Waals surface area contributed by atoms with Crippen molar-refractivity contribution in [3.63, 3.8) is 0 Å². The Labute approximate surface area is 291 Å². The second kappa shape index (κ2) is 13.6. The van der Waals surface area contributed by atoms with E-state index in [0.29, 0.717) is 21.7 Å². The molecule has 7 rings (SSSR count). The normalized spacial score (nSPS) is 13.7. The predicted molar refractivity (Wildman–Crippen MR) is 186 cm³/mol. The molecule has 0 spiro atoms. The first kappa shape index (κ1) is 25.3. The van der Waals surface area contributed by atoms with Gasteiger partial charge in [0, 0.05) is 57.8 Å². The van der Waals surface area contributed by atoms with Crippen molar-refractivity contribution < 1.29 is 32.7 Å². The van der Waals surface area contributed by atoms with E-state index in [1.54, 1.807) is 30.5 Å². The number of hydrogen-bond acceptors (Lipinski definition) is 4. The molecule has 4 aromatic heterocycles. The zero-order valence-corrected chi connectivity index (χ0v) is 29.0. The number of nitrogens with zero attached hydrogens (tertiary/aromatic N) is 3. The molecule has 0 saturated heterocycles. The summed E-state index contributed by atoms with van der Waals surface area (Å²) in [7, 11) is -1.30. The Balaban J connectivity index is 0.000000237. The standard InChI is InChI=1S/C24H17N2S.C14H15FNSi.Ir/c1-15-13-22(25-14-21(15)17-7-4-3-5-8-17)20-10-6-9-18-19-12-11-16(2)26-24(19)27-23(18)20;1-17(2,3)13-8-9-14(16-10-13)11-4-6-12(15)7-5-11;/h3-9,11-14H,1-2H3;4,6-10H,1-3H3;/q2*-1;/i1D3,2D3;;. The summed E-state index contributed by atoms with van der Waals surface area (Å²) < 4.78 is 60.8. The molecule has 3 aromatic carbocycles. The van der Waals surface area contributed by atoms with Crippen molar-refractivity contribution in [1.29, 1.82) is 0 Å². The van der Waals surface area contributed by atoms with Gasteiger partial charge in [0.15, 0.2) is 0 Å². The fourth-order valence-corrected chi connectivity index (χ4v) is 7.03. The summed E-state index contributed by atoms with van der Waals surface area (Å²) in [5.74, 6) is -0.271. The molecule has 0 unspecified atom stereocenters. The molecule has 0 fully saturated rings. The van der Waals surface area contributed by atoms with E-state index in [-0.39, 0.29) is 37.2 Å². The Morgan fingerprint density at radius 3 is 2.33 bits per heavy atom. The van der Waals surface area contributed by atoms with Gasteiger partial charge in [-0.05, 0) is 57.6 Å². The Bertz CT molecular complexity index is 2290. The molecule has 0 aliphatic rings. The van der Waals surface area contributed by atoms with Crippen LogP contribution in [-0.4, -0.2) is 23.0 Å². The van der Waals surface area contributed by atoms with Gasteiger partial charge in [-0.15, -0.1) is 53.6 Å². The molecule has 0 bridgehead atoms. The Morgan fingerprint density at radius 1 is 0.822 bits per heavy atom. The van der Waals surface area contributed by atoms with Crippen molar-refractivity contribution in [3.8, 4) is 33.6 Å². The first-order valence-electron chi connectivity index (χ1n) is 17.0. The molecule has 1 radical (unpaired) electrons. The molecule has 227 valence electrons. The fourth-order valence-electron chi connectivity index (χ4n) is 4.81. The molecule has 7 aromatic rings. The van der Waals surface area contributed by atoms with Crippen LogP contribution in [0.4, 0.5) is 4.39 Å². The fraction of sp³-hybridized carbons (Fsp3) is 0.132. The number of halogens is 1. The molecule has 3 nitrogen and oxygen atoms in total. The van der Waals surface area contributed by atoms with Crippen molar-refractivity contribution >= 4 is 44.9 Å². The van der Waals surface area contributed by atoms with Gasteiger partial charge < -0.3 is 9.97 Å². The van der Waals surface area contributed by atoms with Crippen LogP contribution >= 0.6 is 11.3 Å². The van der Waals surface area contributed by atoms with Crippen molar-refractivity contribution in [1.82, 2.24) is 15.0 Å². The molecule has 0 amide bonds. The van der Waals surface area contributed by atoms with Gasteiger partial charge in [0.1, 0.15) is 4.83 Å². The van der Waals surface area contributed by atoms with E-state index in [4.69, 9.17) is 8.22 Å². The number of thiophene rings is 1. The molecule has 0 saturated carbocycles. The van der Waals surface area contributed by atoms with E-state index in [1.807, 2.05) is 48.7 Å². The van der Waals surface area contributed by atoms with E-state index < -0.39 is 21.8 Å². The average Bonchev–Trinajstić information content (AvgIpc) is 3.46. The molecule has 4 heterocycles. The molecular formula is C38H32FIrN3SSi-2. The molecule has 0 aliphatic carbocycles. The van der Waals surface area contributed by atoms with Crippen LogP contribution in [0.25, 0.3) is 53.9 Å². The number of rotatable bonds is 4. The smallest absolute Gasteiger partial charge is 0.113 e. The van der Waals surface area contributed by atoms with E-state index in [9.17, 15) is 4.39 Å². The van der Waals surface area contributed by atoms with Gasteiger partial charge in [0.25, 0.3) is 0 Å². The summed E-state index contributed by atoms with van der Waals surface area (Å²) in [6.07, 6.45) is 3.52. The van der Waals surface area contributed by atoms with E-state index in [2.05, 4.69) is 52.8 Å². The zero-order valence-electron chi connectivity index (χ0n) is 30.8. The Hall–Kier alpha value is -3.87. The number of pyridine rings is 3. The number of benzene rings is 3. The number of aromatic nitrogens is 3. The van der Waals surface area contributed by atoms with E-state index >= 15 is 0 Å². The third-order valence-electron chi connectivity index (χ3n) is 7.22. The largest absolute Gasteiger partial charge is 0.305 e. The SMILES string of the molecule is C[Si](C)(C)c1ccc(-c2[c-]cc(F)cc2)nc1.[2H]C([2H])([2H])c1ccc2c(n1)sc1c(-c3cc(C([2H])([2H])[2H])c(-c4ccccc4)cn3)[c-]ccc12.[Ir]. The molecular weight excluding hydrogens is 770 g/mol. The summed E-state index contributed by atoms with van der Waals surface area (Å²) in [5.41, 5.74) is 4.43. The summed E-state index contributed by atoms with van der Waals surface area (Å²) in [5, 5.41) is 3.07. The topological polar surface area (TPSA) is 38.7 Å². The van der Waals surface area contributed by atoms with Crippen LogP contribution in [0.1, 0.15) is 19.5 Å². The average molecular weight is 808 g/mol. The quantitative estimate of drug-likeness (QED) is 0.131. The van der Waals surface area contributed by atoms with Gasteiger partial charge in [-0.1, -0.05) is 79.6 Å². The monoisotopic (exact) mass is 808 g/mol. The van der Waals surface area contributed by atoms with Gasteiger partial charge in [-0.2, -0.15) is 11.3 Å². The minimum Gasteiger partial charge on any atom is -0.305 e. The van der Waals surface area contributed by atoms with Crippen LogP contribution < -0.4 is 5.19 Å². The second-order valence-corrected chi connectivity index (χ2v) is 17.4. The Kier molecular flexibility index (Phi) is 7.67. The van der Waals surface area contributed by atoms with Gasteiger partial charge in [0.2, 0.25) is 0 Å².